The molecule has 0 bridgehead atoms. The Bertz CT molecular complexity index is 585. The molecule has 2 heterocycles. The van der Waals surface area contributed by atoms with E-state index in [0.717, 1.165) is 12.1 Å². The molecule has 0 saturated heterocycles. The van der Waals surface area contributed by atoms with Crippen molar-refractivity contribution in [2.45, 2.75) is 18.9 Å². The highest BCUT2D eigenvalue weighted by molar-refractivity contribution is 5.81. The van der Waals surface area contributed by atoms with Crippen LogP contribution in [0.4, 0.5) is 5.82 Å². The average Bonchev–Trinajstić information content (AvgIpc) is 2.81. The van der Waals surface area contributed by atoms with E-state index in [1.165, 1.54) is 6.33 Å². The van der Waals surface area contributed by atoms with Crippen LogP contribution in [0.1, 0.15) is 18.9 Å². The van der Waals surface area contributed by atoms with Crippen molar-refractivity contribution in [1.82, 2.24) is 19.5 Å². The van der Waals surface area contributed by atoms with Gasteiger partial charge in [-0.05, 0) is 24.7 Å². The zero-order valence-electron chi connectivity index (χ0n) is 10.5. The molecule has 1 saturated carbocycles. The van der Waals surface area contributed by atoms with Crippen molar-refractivity contribution < 1.29 is 10.2 Å². The minimum absolute atomic E-state index is 0.126. The normalized spacial score (nSPS) is 26.5. The summed E-state index contributed by atoms with van der Waals surface area (Å²) in [6.07, 6.45) is 4.70. The summed E-state index contributed by atoms with van der Waals surface area (Å²) in [6, 6.07) is 0.212. The highest BCUT2D eigenvalue weighted by Gasteiger charge is 2.41. The molecule has 7 heteroatoms. The number of aromatic nitrogens is 4. The first-order chi connectivity index (χ1) is 9.26. The Morgan fingerprint density at radius 2 is 2.16 bits per heavy atom. The van der Waals surface area contributed by atoms with E-state index in [1.807, 2.05) is 4.57 Å². The summed E-state index contributed by atoms with van der Waals surface area (Å²) < 4.78 is 1.99. The molecule has 4 N–H and O–H groups in total. The quantitative estimate of drug-likeness (QED) is 0.714. The number of anilines is 1. The molecular weight excluding hydrogens is 246 g/mol. The number of hydrogen-bond donors (Lipinski definition) is 3. The van der Waals surface area contributed by atoms with Crippen molar-refractivity contribution in [1.29, 1.82) is 0 Å². The molecule has 0 aliphatic heterocycles. The van der Waals surface area contributed by atoms with Crippen molar-refractivity contribution in [2.24, 2.45) is 11.8 Å². The molecule has 3 rings (SSSR count). The Morgan fingerprint density at radius 1 is 1.32 bits per heavy atom. The molecule has 0 spiro atoms. The van der Waals surface area contributed by atoms with Crippen LogP contribution in [-0.2, 0) is 0 Å². The highest BCUT2D eigenvalue weighted by Crippen LogP contribution is 2.46. The molecule has 1 aliphatic rings. The van der Waals surface area contributed by atoms with Crippen molar-refractivity contribution in [3.8, 4) is 0 Å². The van der Waals surface area contributed by atoms with Crippen molar-refractivity contribution in [3.05, 3.63) is 12.7 Å². The van der Waals surface area contributed by atoms with Crippen LogP contribution in [0.15, 0.2) is 12.7 Å². The molecule has 102 valence electrons. The van der Waals surface area contributed by atoms with E-state index < -0.39 is 0 Å². The van der Waals surface area contributed by atoms with Crippen molar-refractivity contribution in [2.75, 3.05) is 18.9 Å². The summed E-state index contributed by atoms with van der Waals surface area (Å²) in [5.74, 6) is 0.873. The van der Waals surface area contributed by atoms with Gasteiger partial charge in [0.2, 0.25) is 0 Å². The number of imidazole rings is 1. The van der Waals surface area contributed by atoms with Crippen LogP contribution >= 0.6 is 0 Å². The molecule has 3 unspecified atom stereocenters. The van der Waals surface area contributed by atoms with E-state index in [9.17, 15) is 5.11 Å². The fourth-order valence-electron chi connectivity index (χ4n) is 3.00. The molecule has 0 amide bonds. The van der Waals surface area contributed by atoms with E-state index in [0.29, 0.717) is 17.8 Å². The van der Waals surface area contributed by atoms with E-state index in [2.05, 4.69) is 15.0 Å². The van der Waals surface area contributed by atoms with Gasteiger partial charge in [-0.3, -0.25) is 0 Å². The predicted octanol–water partition coefficient (Wildman–Crippen LogP) is -0.0396. The number of aliphatic hydroxyl groups is 2. The molecule has 1 fully saturated rings. The van der Waals surface area contributed by atoms with Crippen LogP contribution < -0.4 is 5.73 Å². The molecule has 19 heavy (non-hydrogen) atoms. The number of fused-ring (bicyclic) bond motifs is 1. The molecule has 2 aromatic rings. The monoisotopic (exact) mass is 263 g/mol. The van der Waals surface area contributed by atoms with Gasteiger partial charge in [-0.25, -0.2) is 15.0 Å². The lowest BCUT2D eigenvalue weighted by Gasteiger charge is -2.44. The molecule has 1 aliphatic carbocycles. The minimum Gasteiger partial charge on any atom is -0.396 e. The average molecular weight is 263 g/mol. The predicted molar refractivity (Wildman–Crippen MR) is 69.2 cm³/mol. The third-order valence-electron chi connectivity index (χ3n) is 4.09. The minimum atomic E-state index is 0.126. The van der Waals surface area contributed by atoms with Crippen molar-refractivity contribution in [3.63, 3.8) is 0 Å². The third kappa shape index (κ3) is 1.85. The summed E-state index contributed by atoms with van der Waals surface area (Å²) >= 11 is 0. The third-order valence-corrected chi connectivity index (χ3v) is 4.09. The summed E-state index contributed by atoms with van der Waals surface area (Å²) in [5.41, 5.74) is 7.10. The largest absolute Gasteiger partial charge is 0.396 e. The smallest absolute Gasteiger partial charge is 0.165 e. The Labute approximate surface area is 110 Å². The number of nitrogen functional groups attached to an aromatic ring is 1. The van der Waals surface area contributed by atoms with Crippen molar-refractivity contribution >= 4 is 17.0 Å². The summed E-state index contributed by atoms with van der Waals surface area (Å²) in [7, 11) is 0. The Kier molecular flexibility index (Phi) is 3.08. The number of aliphatic hydroxyl groups excluding tert-OH is 2. The molecule has 0 radical (unpaired) electrons. The van der Waals surface area contributed by atoms with Gasteiger partial charge in [-0.2, -0.15) is 0 Å². The van der Waals surface area contributed by atoms with Gasteiger partial charge in [0.05, 0.1) is 6.33 Å². The fraction of sp³-hybridized carbons (Fsp3) is 0.583. The summed E-state index contributed by atoms with van der Waals surface area (Å²) in [4.78, 5) is 12.4. The van der Waals surface area contributed by atoms with Gasteiger partial charge in [0.1, 0.15) is 11.8 Å². The van der Waals surface area contributed by atoms with Crippen LogP contribution in [0.5, 0.6) is 0 Å². The van der Waals surface area contributed by atoms with Gasteiger partial charge in [0.25, 0.3) is 0 Å². The maximum atomic E-state index is 9.30. The van der Waals surface area contributed by atoms with Gasteiger partial charge in [0.15, 0.2) is 11.5 Å². The van der Waals surface area contributed by atoms with E-state index in [1.54, 1.807) is 6.33 Å². The lowest BCUT2D eigenvalue weighted by Crippen LogP contribution is -2.40. The first-order valence-corrected chi connectivity index (χ1v) is 6.41. The Balaban J connectivity index is 1.94. The van der Waals surface area contributed by atoms with Gasteiger partial charge >= 0.3 is 0 Å². The Hall–Kier alpha value is -1.73. The topological polar surface area (TPSA) is 110 Å². The van der Waals surface area contributed by atoms with Gasteiger partial charge in [-0.15, -0.1) is 0 Å². The molecule has 2 aromatic heterocycles. The molecule has 7 nitrogen and oxygen atoms in total. The van der Waals surface area contributed by atoms with Crippen LogP contribution in [0.3, 0.4) is 0 Å². The maximum Gasteiger partial charge on any atom is 0.165 e. The summed E-state index contributed by atoms with van der Waals surface area (Å²) in [6.45, 7) is 0.284. The SMILES string of the molecule is Nc1ncnc2c1ncn2C1CC(CO)C1CCO. The second-order valence-corrected chi connectivity index (χ2v) is 5.00. The lowest BCUT2D eigenvalue weighted by molar-refractivity contribution is 0.0159. The van der Waals surface area contributed by atoms with E-state index >= 15 is 0 Å². The molecular formula is C12H17N5O2. The second kappa shape index (κ2) is 4.75. The molecule has 0 aromatic carbocycles. The van der Waals surface area contributed by atoms with Crippen LogP contribution in [0.25, 0.3) is 11.2 Å². The van der Waals surface area contributed by atoms with Gasteiger partial charge in [0, 0.05) is 19.3 Å². The number of rotatable bonds is 4. The zero-order chi connectivity index (χ0) is 13.4. The highest BCUT2D eigenvalue weighted by atomic mass is 16.3. The number of nitrogens with zero attached hydrogens (tertiary/aromatic N) is 4. The zero-order valence-corrected chi connectivity index (χ0v) is 10.5. The number of hydrogen-bond acceptors (Lipinski definition) is 6. The van der Waals surface area contributed by atoms with Crippen LogP contribution in [0.2, 0.25) is 0 Å². The van der Waals surface area contributed by atoms with Crippen LogP contribution in [-0.4, -0.2) is 42.9 Å². The molecule has 3 atom stereocenters. The first-order valence-electron chi connectivity index (χ1n) is 6.41. The maximum absolute atomic E-state index is 9.30. The fourth-order valence-corrected chi connectivity index (χ4v) is 3.00. The second-order valence-electron chi connectivity index (χ2n) is 5.00. The van der Waals surface area contributed by atoms with Gasteiger partial charge in [-0.1, -0.05) is 0 Å². The number of nitrogens with two attached hydrogens (primary N) is 1. The first kappa shape index (κ1) is 12.3. The van der Waals surface area contributed by atoms with Gasteiger partial charge < -0.3 is 20.5 Å². The van der Waals surface area contributed by atoms with E-state index in [4.69, 9.17) is 10.8 Å². The lowest BCUT2D eigenvalue weighted by atomic mass is 9.68. The van der Waals surface area contributed by atoms with Crippen LogP contribution in [0, 0.1) is 11.8 Å². The van der Waals surface area contributed by atoms with E-state index in [-0.39, 0.29) is 31.1 Å². The summed E-state index contributed by atoms with van der Waals surface area (Å²) in [5, 5.41) is 18.4. The Morgan fingerprint density at radius 3 is 2.89 bits per heavy atom. The standard InChI is InChI=1S/C12H17N5O2/c13-11-10-12(15-5-14-11)17(6-16-10)9-3-7(4-19)8(9)1-2-18/h5-9,18-19H,1-4H2,(H2,13,14,15).